The lowest BCUT2D eigenvalue weighted by Gasteiger charge is -2.15. The molecule has 1 aliphatic rings. The summed E-state index contributed by atoms with van der Waals surface area (Å²) in [6.45, 7) is 5.36. The molecule has 5 heteroatoms. The van der Waals surface area contributed by atoms with E-state index in [1.165, 1.54) is 0 Å². The van der Waals surface area contributed by atoms with Gasteiger partial charge < -0.3 is 14.3 Å². The van der Waals surface area contributed by atoms with Gasteiger partial charge in [0.25, 0.3) is 5.91 Å². The zero-order valence-electron chi connectivity index (χ0n) is 13.3. The predicted octanol–water partition coefficient (Wildman–Crippen LogP) is 3.40. The molecular formula is C18H19N3O2. The molecule has 1 atom stereocenters. The summed E-state index contributed by atoms with van der Waals surface area (Å²) in [4.78, 5) is 22.4. The number of nitrogens with zero attached hydrogens (tertiary/aromatic N) is 2. The average molecular weight is 309 g/mol. The number of likely N-dealkylation sites (tertiary alicyclic amines) is 1. The van der Waals surface area contributed by atoms with Crippen LogP contribution in [0.3, 0.4) is 0 Å². The minimum Gasteiger partial charge on any atom is -0.451 e. The van der Waals surface area contributed by atoms with E-state index in [0.29, 0.717) is 12.3 Å². The Bertz CT molecular complexity index is 877. The van der Waals surface area contributed by atoms with Crippen molar-refractivity contribution in [2.24, 2.45) is 0 Å². The maximum absolute atomic E-state index is 12.8. The Labute approximate surface area is 134 Å². The van der Waals surface area contributed by atoms with Crippen molar-refractivity contribution >= 4 is 16.9 Å². The van der Waals surface area contributed by atoms with Crippen molar-refractivity contribution in [1.82, 2.24) is 14.9 Å². The van der Waals surface area contributed by atoms with Gasteiger partial charge in [-0.15, -0.1) is 0 Å². The molecule has 0 unspecified atom stereocenters. The molecule has 0 saturated carbocycles. The first-order valence-electron chi connectivity index (χ1n) is 7.92. The first kappa shape index (κ1) is 14.1. The number of aromatic nitrogens is 2. The van der Waals surface area contributed by atoms with Crippen molar-refractivity contribution < 1.29 is 9.21 Å². The van der Waals surface area contributed by atoms with Crippen LogP contribution in [0.25, 0.3) is 11.0 Å². The van der Waals surface area contributed by atoms with Crippen LogP contribution in [0.4, 0.5) is 0 Å². The van der Waals surface area contributed by atoms with Gasteiger partial charge in [-0.05, 0) is 26.3 Å². The lowest BCUT2D eigenvalue weighted by atomic mass is 10.1. The van der Waals surface area contributed by atoms with E-state index in [1.807, 2.05) is 49.2 Å². The van der Waals surface area contributed by atoms with Gasteiger partial charge in [0.1, 0.15) is 11.4 Å². The zero-order valence-corrected chi connectivity index (χ0v) is 13.3. The number of furan rings is 1. The normalized spacial score (nSPS) is 18.0. The molecule has 1 N–H and O–H groups in total. The molecular weight excluding hydrogens is 290 g/mol. The maximum Gasteiger partial charge on any atom is 0.289 e. The third-order valence-electron chi connectivity index (χ3n) is 4.62. The molecule has 1 aliphatic heterocycles. The largest absolute Gasteiger partial charge is 0.451 e. The van der Waals surface area contributed by atoms with E-state index in [2.05, 4.69) is 9.97 Å². The summed E-state index contributed by atoms with van der Waals surface area (Å²) in [6.07, 6.45) is 2.77. The van der Waals surface area contributed by atoms with Crippen LogP contribution in [0, 0.1) is 13.8 Å². The third kappa shape index (κ3) is 2.32. The van der Waals surface area contributed by atoms with Gasteiger partial charge in [0.2, 0.25) is 0 Å². The highest BCUT2D eigenvalue weighted by Crippen LogP contribution is 2.30. The SMILES string of the molecule is Cc1cnc([C@@H]2CCN(C(=O)c3oc4ccccc4c3C)C2)[nH]1. The molecule has 0 radical (unpaired) electrons. The Morgan fingerprint density at radius 1 is 1.35 bits per heavy atom. The molecule has 3 aromatic rings. The van der Waals surface area contributed by atoms with Crippen LogP contribution in [0.2, 0.25) is 0 Å². The second kappa shape index (κ2) is 5.26. The van der Waals surface area contributed by atoms with Crippen LogP contribution in [-0.4, -0.2) is 33.9 Å². The minimum atomic E-state index is -0.0236. The fraction of sp³-hybridized carbons (Fsp3) is 0.333. The molecule has 1 saturated heterocycles. The van der Waals surface area contributed by atoms with Crippen LogP contribution in [0.1, 0.15) is 40.0 Å². The summed E-state index contributed by atoms with van der Waals surface area (Å²) < 4.78 is 5.80. The van der Waals surface area contributed by atoms with Crippen molar-refractivity contribution in [3.05, 3.63) is 53.3 Å². The number of carbonyl (C=O) groups excluding carboxylic acids is 1. The highest BCUT2D eigenvalue weighted by atomic mass is 16.3. The molecule has 0 aliphatic carbocycles. The number of imidazole rings is 1. The van der Waals surface area contributed by atoms with Gasteiger partial charge in [0, 0.05) is 41.8 Å². The molecule has 1 aromatic carbocycles. The lowest BCUT2D eigenvalue weighted by Crippen LogP contribution is -2.28. The molecule has 1 amide bonds. The van der Waals surface area contributed by atoms with E-state index < -0.39 is 0 Å². The van der Waals surface area contributed by atoms with Gasteiger partial charge in [0.05, 0.1) is 0 Å². The predicted molar refractivity (Wildman–Crippen MR) is 87.5 cm³/mol. The van der Waals surface area contributed by atoms with Gasteiger partial charge in [-0.1, -0.05) is 18.2 Å². The highest BCUT2D eigenvalue weighted by molar-refractivity contribution is 5.99. The standard InChI is InChI=1S/C18H19N3O2/c1-11-9-19-17(20-11)13-7-8-21(10-13)18(22)16-12(2)14-5-3-4-6-15(14)23-16/h3-6,9,13H,7-8,10H2,1-2H3,(H,19,20)/t13-/m1/s1. The molecule has 1 fully saturated rings. The number of amides is 1. The fourth-order valence-electron chi connectivity index (χ4n) is 3.33. The van der Waals surface area contributed by atoms with Crippen LogP contribution < -0.4 is 0 Å². The summed E-state index contributed by atoms with van der Waals surface area (Å²) >= 11 is 0. The Kier molecular flexibility index (Phi) is 3.22. The second-order valence-corrected chi connectivity index (χ2v) is 6.24. The van der Waals surface area contributed by atoms with Crippen LogP contribution in [-0.2, 0) is 0 Å². The first-order chi connectivity index (χ1) is 11.1. The van der Waals surface area contributed by atoms with E-state index in [-0.39, 0.29) is 11.8 Å². The first-order valence-corrected chi connectivity index (χ1v) is 7.92. The van der Waals surface area contributed by atoms with Crippen molar-refractivity contribution in [3.63, 3.8) is 0 Å². The number of hydrogen-bond acceptors (Lipinski definition) is 3. The Morgan fingerprint density at radius 3 is 2.91 bits per heavy atom. The van der Waals surface area contributed by atoms with E-state index in [4.69, 9.17) is 4.42 Å². The minimum absolute atomic E-state index is 0.0236. The molecule has 2 aromatic heterocycles. The number of fused-ring (bicyclic) bond motifs is 1. The molecule has 3 heterocycles. The van der Waals surface area contributed by atoms with Crippen molar-refractivity contribution in [2.75, 3.05) is 13.1 Å². The molecule has 0 bridgehead atoms. The Hall–Kier alpha value is -2.56. The summed E-state index contributed by atoms with van der Waals surface area (Å²) in [5.41, 5.74) is 2.74. The van der Waals surface area contributed by atoms with Gasteiger partial charge >= 0.3 is 0 Å². The Balaban J connectivity index is 1.58. The number of aromatic amines is 1. The van der Waals surface area contributed by atoms with Crippen molar-refractivity contribution in [2.45, 2.75) is 26.2 Å². The number of nitrogens with one attached hydrogen (secondary N) is 1. The summed E-state index contributed by atoms with van der Waals surface area (Å²) in [5.74, 6) is 1.68. The topological polar surface area (TPSA) is 62.1 Å². The van der Waals surface area contributed by atoms with Crippen molar-refractivity contribution in [3.8, 4) is 0 Å². The number of carbonyl (C=O) groups is 1. The molecule has 4 rings (SSSR count). The van der Waals surface area contributed by atoms with Gasteiger partial charge in [-0.3, -0.25) is 4.79 Å². The summed E-state index contributed by atoms with van der Waals surface area (Å²) in [6, 6.07) is 7.77. The second-order valence-electron chi connectivity index (χ2n) is 6.24. The van der Waals surface area contributed by atoms with Gasteiger partial charge in [0.15, 0.2) is 5.76 Å². The third-order valence-corrected chi connectivity index (χ3v) is 4.62. The molecule has 5 nitrogen and oxygen atoms in total. The average Bonchev–Trinajstić information content (AvgIpc) is 3.26. The van der Waals surface area contributed by atoms with Gasteiger partial charge in [-0.25, -0.2) is 4.98 Å². The van der Waals surface area contributed by atoms with E-state index in [9.17, 15) is 4.79 Å². The number of aryl methyl sites for hydroxylation is 2. The Morgan fingerprint density at radius 2 is 2.17 bits per heavy atom. The summed E-state index contributed by atoms with van der Waals surface area (Å²) in [5, 5.41) is 1.01. The van der Waals surface area contributed by atoms with Crippen LogP contribution >= 0.6 is 0 Å². The molecule has 118 valence electrons. The summed E-state index contributed by atoms with van der Waals surface area (Å²) in [7, 11) is 0. The zero-order chi connectivity index (χ0) is 16.0. The van der Waals surface area contributed by atoms with Crippen LogP contribution in [0.5, 0.6) is 0 Å². The lowest BCUT2D eigenvalue weighted by molar-refractivity contribution is 0.0760. The molecule has 0 spiro atoms. The number of benzene rings is 1. The van der Waals surface area contributed by atoms with Gasteiger partial charge in [-0.2, -0.15) is 0 Å². The van der Waals surface area contributed by atoms with E-state index in [1.54, 1.807) is 0 Å². The fourth-order valence-corrected chi connectivity index (χ4v) is 3.33. The monoisotopic (exact) mass is 309 g/mol. The number of rotatable bonds is 2. The maximum atomic E-state index is 12.8. The number of para-hydroxylation sites is 1. The number of hydrogen-bond donors (Lipinski definition) is 1. The smallest absolute Gasteiger partial charge is 0.289 e. The van der Waals surface area contributed by atoms with Crippen LogP contribution in [0.15, 0.2) is 34.9 Å². The molecule has 23 heavy (non-hydrogen) atoms. The van der Waals surface area contributed by atoms with E-state index >= 15 is 0 Å². The van der Waals surface area contributed by atoms with E-state index in [0.717, 1.165) is 41.0 Å². The quantitative estimate of drug-likeness (QED) is 0.789. The number of H-pyrrole nitrogens is 1. The highest BCUT2D eigenvalue weighted by Gasteiger charge is 2.32. The van der Waals surface area contributed by atoms with Crippen molar-refractivity contribution in [1.29, 1.82) is 0 Å².